The first-order valence-electron chi connectivity index (χ1n) is 9.26. The van der Waals surface area contributed by atoms with E-state index in [-0.39, 0.29) is 11.9 Å². The molecule has 1 aliphatic carbocycles. The second-order valence-electron chi connectivity index (χ2n) is 6.98. The van der Waals surface area contributed by atoms with Crippen LogP contribution in [0.15, 0.2) is 42.5 Å². The minimum atomic E-state index is -0.427. The Bertz CT molecular complexity index is 880. The quantitative estimate of drug-likeness (QED) is 0.624. The van der Waals surface area contributed by atoms with Gasteiger partial charge < -0.3 is 14.8 Å². The first-order valence-corrected chi connectivity index (χ1v) is 9.63. The van der Waals surface area contributed by atoms with E-state index in [0.29, 0.717) is 40.4 Å². The Morgan fingerprint density at radius 1 is 1.29 bits per heavy atom. The Kier molecular flexibility index (Phi) is 6.57. The van der Waals surface area contributed by atoms with Crippen LogP contribution in [0.1, 0.15) is 32.3 Å². The summed E-state index contributed by atoms with van der Waals surface area (Å²) in [4.78, 5) is 11.0. The first kappa shape index (κ1) is 20.2. The molecule has 2 aromatic carbocycles. The van der Waals surface area contributed by atoms with E-state index in [9.17, 15) is 9.18 Å². The van der Waals surface area contributed by atoms with Crippen LogP contribution in [-0.2, 0) is 4.79 Å². The number of carbonyl (C=O) groups excluding carboxylic acids is 1. The van der Waals surface area contributed by atoms with E-state index >= 15 is 0 Å². The summed E-state index contributed by atoms with van der Waals surface area (Å²) in [5, 5.41) is 3.11. The molecule has 0 radical (unpaired) electrons. The SMILES string of the molecule is CC(=O)N[C@@H](C)/C=C/c1ccc(Oc2ccc(OCC3CC3)cc2Cl)cc1F. The molecule has 6 heteroatoms. The highest BCUT2D eigenvalue weighted by atomic mass is 35.5. The Hall–Kier alpha value is -2.53. The molecule has 28 heavy (non-hydrogen) atoms. The van der Waals surface area contributed by atoms with Gasteiger partial charge in [-0.2, -0.15) is 0 Å². The summed E-state index contributed by atoms with van der Waals surface area (Å²) < 4.78 is 25.7. The molecular formula is C22H23ClFNO3. The van der Waals surface area contributed by atoms with E-state index in [1.165, 1.54) is 25.8 Å². The molecule has 3 rings (SSSR count). The predicted octanol–water partition coefficient (Wildman–Crippen LogP) is 5.60. The summed E-state index contributed by atoms with van der Waals surface area (Å²) in [6, 6.07) is 9.60. The van der Waals surface area contributed by atoms with Crippen LogP contribution in [0.25, 0.3) is 6.08 Å². The lowest BCUT2D eigenvalue weighted by atomic mass is 10.1. The fourth-order valence-electron chi connectivity index (χ4n) is 2.60. The van der Waals surface area contributed by atoms with Gasteiger partial charge in [-0.1, -0.05) is 23.8 Å². The van der Waals surface area contributed by atoms with Gasteiger partial charge in [0.25, 0.3) is 0 Å². The molecule has 2 aromatic rings. The summed E-state index contributed by atoms with van der Waals surface area (Å²) in [6.45, 7) is 3.96. The third-order valence-corrected chi connectivity index (χ3v) is 4.58. The molecule has 0 unspecified atom stereocenters. The number of halogens is 2. The number of rotatable bonds is 8. The van der Waals surface area contributed by atoms with Crippen molar-refractivity contribution in [1.29, 1.82) is 0 Å². The summed E-state index contributed by atoms with van der Waals surface area (Å²) in [5.74, 6) is 1.57. The molecule has 1 N–H and O–H groups in total. The van der Waals surface area contributed by atoms with Gasteiger partial charge in [0.1, 0.15) is 23.1 Å². The van der Waals surface area contributed by atoms with Crippen LogP contribution in [0.5, 0.6) is 17.2 Å². The van der Waals surface area contributed by atoms with Gasteiger partial charge in [0.15, 0.2) is 0 Å². The van der Waals surface area contributed by atoms with Crippen molar-refractivity contribution in [1.82, 2.24) is 5.32 Å². The molecule has 1 fully saturated rings. The highest BCUT2D eigenvalue weighted by Gasteiger charge is 2.22. The van der Waals surface area contributed by atoms with Gasteiger partial charge in [-0.05, 0) is 49.9 Å². The predicted molar refractivity (Wildman–Crippen MR) is 108 cm³/mol. The van der Waals surface area contributed by atoms with Gasteiger partial charge >= 0.3 is 0 Å². The first-order chi connectivity index (χ1) is 13.4. The number of nitrogens with one attached hydrogen (secondary N) is 1. The molecule has 0 spiro atoms. The zero-order chi connectivity index (χ0) is 20.1. The van der Waals surface area contributed by atoms with Crippen LogP contribution >= 0.6 is 11.6 Å². The summed E-state index contributed by atoms with van der Waals surface area (Å²) in [5.41, 5.74) is 0.402. The molecule has 4 nitrogen and oxygen atoms in total. The largest absolute Gasteiger partial charge is 0.493 e. The molecule has 1 atom stereocenters. The maximum Gasteiger partial charge on any atom is 0.217 e. The van der Waals surface area contributed by atoms with Crippen molar-refractivity contribution in [2.75, 3.05) is 6.61 Å². The minimum absolute atomic E-state index is 0.137. The van der Waals surface area contributed by atoms with Crippen molar-refractivity contribution in [3.63, 3.8) is 0 Å². The Morgan fingerprint density at radius 3 is 2.68 bits per heavy atom. The normalized spacial score (nSPS) is 14.7. The molecular weight excluding hydrogens is 381 g/mol. The second-order valence-corrected chi connectivity index (χ2v) is 7.39. The minimum Gasteiger partial charge on any atom is -0.493 e. The van der Waals surface area contributed by atoms with Gasteiger partial charge in [0, 0.05) is 30.7 Å². The lowest BCUT2D eigenvalue weighted by Crippen LogP contribution is -2.28. The molecule has 0 aromatic heterocycles. The number of hydrogen-bond donors (Lipinski definition) is 1. The zero-order valence-electron chi connectivity index (χ0n) is 15.9. The number of amides is 1. The molecule has 0 aliphatic heterocycles. The molecule has 0 bridgehead atoms. The summed E-state index contributed by atoms with van der Waals surface area (Å²) >= 11 is 6.26. The maximum absolute atomic E-state index is 14.3. The summed E-state index contributed by atoms with van der Waals surface area (Å²) in [7, 11) is 0. The maximum atomic E-state index is 14.3. The van der Waals surface area contributed by atoms with Crippen LogP contribution in [0, 0.1) is 11.7 Å². The van der Waals surface area contributed by atoms with Gasteiger partial charge in [-0.25, -0.2) is 4.39 Å². The third kappa shape index (κ3) is 5.99. The molecule has 1 amide bonds. The monoisotopic (exact) mass is 403 g/mol. The smallest absolute Gasteiger partial charge is 0.217 e. The lowest BCUT2D eigenvalue weighted by Gasteiger charge is -2.11. The highest BCUT2D eigenvalue weighted by Crippen LogP contribution is 2.34. The zero-order valence-corrected chi connectivity index (χ0v) is 16.6. The van der Waals surface area contributed by atoms with Gasteiger partial charge in [0.05, 0.1) is 11.6 Å². The molecule has 1 saturated carbocycles. The van der Waals surface area contributed by atoms with E-state index in [1.54, 1.807) is 42.5 Å². The Morgan fingerprint density at radius 2 is 2.04 bits per heavy atom. The summed E-state index contributed by atoms with van der Waals surface area (Å²) in [6.07, 6.45) is 5.78. The van der Waals surface area contributed by atoms with Crippen molar-refractivity contribution in [2.45, 2.75) is 32.7 Å². The van der Waals surface area contributed by atoms with E-state index < -0.39 is 5.82 Å². The number of hydrogen-bond acceptors (Lipinski definition) is 3. The molecule has 148 valence electrons. The molecule has 0 saturated heterocycles. The standard InChI is InChI=1S/C22H23ClFNO3/c1-14(25-15(2)26)3-6-17-7-8-19(12-21(17)24)28-22-10-9-18(11-20(22)23)27-13-16-4-5-16/h3,6-12,14,16H,4-5,13H2,1-2H3,(H,25,26)/b6-3+/t14-/m0/s1. The lowest BCUT2D eigenvalue weighted by molar-refractivity contribution is -0.119. The number of carbonyl (C=O) groups is 1. The molecule has 1 aliphatic rings. The van der Waals surface area contributed by atoms with Gasteiger partial charge in [-0.15, -0.1) is 0 Å². The van der Waals surface area contributed by atoms with Crippen LogP contribution in [0.3, 0.4) is 0 Å². The number of benzene rings is 2. The van der Waals surface area contributed by atoms with Crippen molar-refractivity contribution in [3.05, 3.63) is 58.9 Å². The fraction of sp³-hybridized carbons (Fsp3) is 0.318. The highest BCUT2D eigenvalue weighted by molar-refractivity contribution is 6.32. The Balaban J connectivity index is 1.63. The van der Waals surface area contributed by atoms with E-state index in [4.69, 9.17) is 21.1 Å². The van der Waals surface area contributed by atoms with Crippen molar-refractivity contribution < 1.29 is 18.7 Å². The van der Waals surface area contributed by atoms with Crippen LogP contribution in [0.4, 0.5) is 4.39 Å². The van der Waals surface area contributed by atoms with Crippen molar-refractivity contribution in [2.24, 2.45) is 5.92 Å². The van der Waals surface area contributed by atoms with Crippen LogP contribution in [-0.4, -0.2) is 18.6 Å². The number of ether oxygens (including phenoxy) is 2. The average Bonchev–Trinajstić information content (AvgIpc) is 3.45. The van der Waals surface area contributed by atoms with Crippen molar-refractivity contribution in [3.8, 4) is 17.2 Å². The average molecular weight is 404 g/mol. The van der Waals surface area contributed by atoms with Gasteiger partial charge in [-0.3, -0.25) is 4.79 Å². The van der Waals surface area contributed by atoms with E-state index in [2.05, 4.69) is 5.32 Å². The van der Waals surface area contributed by atoms with Crippen LogP contribution in [0.2, 0.25) is 5.02 Å². The van der Waals surface area contributed by atoms with Crippen molar-refractivity contribution >= 4 is 23.6 Å². The topological polar surface area (TPSA) is 47.6 Å². The fourth-order valence-corrected chi connectivity index (χ4v) is 2.81. The third-order valence-electron chi connectivity index (χ3n) is 4.28. The van der Waals surface area contributed by atoms with Crippen LogP contribution < -0.4 is 14.8 Å². The second kappa shape index (κ2) is 9.11. The molecule has 0 heterocycles. The van der Waals surface area contributed by atoms with Gasteiger partial charge in [0.2, 0.25) is 5.91 Å². The Labute approximate surface area is 169 Å². The van der Waals surface area contributed by atoms with E-state index in [1.807, 2.05) is 6.92 Å². The van der Waals surface area contributed by atoms with E-state index in [0.717, 1.165) is 0 Å².